The van der Waals surface area contributed by atoms with Gasteiger partial charge in [-0.05, 0) is 44.4 Å². The number of hydrogen-bond donors (Lipinski definition) is 1. The van der Waals surface area contributed by atoms with Gasteiger partial charge in [-0.25, -0.2) is 4.39 Å². The lowest BCUT2D eigenvalue weighted by Gasteiger charge is -2.31. The Morgan fingerprint density at radius 2 is 1.62 bits per heavy atom. The van der Waals surface area contributed by atoms with Crippen molar-refractivity contribution >= 4 is 0 Å². The van der Waals surface area contributed by atoms with Crippen LogP contribution in [0.1, 0.15) is 46.1 Å². The van der Waals surface area contributed by atoms with Gasteiger partial charge >= 0.3 is 0 Å². The molecule has 0 spiro atoms. The lowest BCUT2D eigenvalue weighted by molar-refractivity contribution is 0.327. The van der Waals surface area contributed by atoms with Crippen molar-refractivity contribution in [1.29, 1.82) is 0 Å². The Bertz CT molecular complexity index is 312. The van der Waals surface area contributed by atoms with E-state index in [-0.39, 0.29) is 11.4 Å². The molecule has 0 aromatic heterocycles. The first-order valence-electron chi connectivity index (χ1n) is 6.03. The molecule has 2 heteroatoms. The van der Waals surface area contributed by atoms with E-state index in [2.05, 4.69) is 33.0 Å². The highest BCUT2D eigenvalue weighted by Gasteiger charge is 2.22. The third kappa shape index (κ3) is 3.31. The number of rotatable bonds is 5. The van der Waals surface area contributed by atoms with Crippen LogP contribution in [0, 0.1) is 5.82 Å². The van der Waals surface area contributed by atoms with Crippen LogP contribution in [-0.2, 0) is 5.54 Å². The molecule has 0 radical (unpaired) electrons. The Kier molecular flexibility index (Phi) is 4.48. The van der Waals surface area contributed by atoms with Crippen LogP contribution in [0.15, 0.2) is 24.3 Å². The molecule has 1 nitrogen and oxygen atoms in total. The lowest BCUT2D eigenvalue weighted by atomic mass is 9.92. The highest BCUT2D eigenvalue weighted by Crippen LogP contribution is 2.21. The molecule has 0 heterocycles. The first-order chi connectivity index (χ1) is 7.49. The second-order valence-electron chi connectivity index (χ2n) is 4.79. The molecule has 1 N–H and O–H groups in total. The standard InChI is InChI=1S/C14H22FN/c1-5-13(6-2)16-14(3,4)11-7-9-12(15)10-8-11/h7-10,13,16H,5-6H2,1-4H3. The Labute approximate surface area is 98.1 Å². The number of nitrogens with one attached hydrogen (secondary N) is 1. The van der Waals surface area contributed by atoms with Gasteiger partial charge in [-0.3, -0.25) is 0 Å². The monoisotopic (exact) mass is 223 g/mol. The van der Waals surface area contributed by atoms with E-state index in [0.717, 1.165) is 18.4 Å². The van der Waals surface area contributed by atoms with Crippen molar-refractivity contribution in [2.24, 2.45) is 0 Å². The Morgan fingerprint density at radius 3 is 2.06 bits per heavy atom. The molecule has 1 aromatic rings. The van der Waals surface area contributed by atoms with Crippen molar-refractivity contribution in [2.75, 3.05) is 0 Å². The Morgan fingerprint density at radius 1 is 1.12 bits per heavy atom. The van der Waals surface area contributed by atoms with Gasteiger partial charge in [-0.15, -0.1) is 0 Å². The summed E-state index contributed by atoms with van der Waals surface area (Å²) in [7, 11) is 0. The highest BCUT2D eigenvalue weighted by atomic mass is 19.1. The molecular weight excluding hydrogens is 201 g/mol. The molecule has 0 amide bonds. The van der Waals surface area contributed by atoms with Crippen LogP contribution < -0.4 is 5.32 Å². The maximum Gasteiger partial charge on any atom is 0.123 e. The molecule has 90 valence electrons. The second-order valence-corrected chi connectivity index (χ2v) is 4.79. The molecular formula is C14H22FN. The molecule has 0 saturated carbocycles. The zero-order chi connectivity index (χ0) is 12.2. The van der Waals surface area contributed by atoms with E-state index < -0.39 is 0 Å². The quantitative estimate of drug-likeness (QED) is 0.799. The van der Waals surface area contributed by atoms with Crippen LogP contribution in [0.3, 0.4) is 0 Å². The summed E-state index contributed by atoms with van der Waals surface area (Å²) in [4.78, 5) is 0. The number of benzene rings is 1. The van der Waals surface area contributed by atoms with Crippen LogP contribution in [-0.4, -0.2) is 6.04 Å². The molecule has 0 saturated heterocycles. The number of halogens is 1. The molecule has 0 aliphatic heterocycles. The fourth-order valence-corrected chi connectivity index (χ4v) is 1.95. The Balaban J connectivity index is 2.80. The van der Waals surface area contributed by atoms with Gasteiger partial charge in [0.05, 0.1) is 0 Å². The van der Waals surface area contributed by atoms with Crippen LogP contribution in [0.25, 0.3) is 0 Å². The first-order valence-corrected chi connectivity index (χ1v) is 6.03. The summed E-state index contributed by atoms with van der Waals surface area (Å²) in [6.45, 7) is 8.64. The normalized spacial score (nSPS) is 12.1. The SMILES string of the molecule is CCC(CC)NC(C)(C)c1ccc(F)cc1. The smallest absolute Gasteiger partial charge is 0.123 e. The van der Waals surface area contributed by atoms with E-state index in [1.807, 2.05) is 12.1 Å². The fourth-order valence-electron chi connectivity index (χ4n) is 1.95. The van der Waals surface area contributed by atoms with E-state index in [1.54, 1.807) is 0 Å². The molecule has 0 bridgehead atoms. The highest BCUT2D eigenvalue weighted by molar-refractivity contribution is 5.23. The second kappa shape index (κ2) is 5.44. The lowest BCUT2D eigenvalue weighted by Crippen LogP contribution is -2.43. The van der Waals surface area contributed by atoms with Gasteiger partial charge in [0.1, 0.15) is 5.82 Å². The van der Waals surface area contributed by atoms with Crippen molar-refractivity contribution in [1.82, 2.24) is 5.32 Å². The van der Waals surface area contributed by atoms with E-state index in [4.69, 9.17) is 0 Å². The minimum absolute atomic E-state index is 0.107. The van der Waals surface area contributed by atoms with E-state index in [9.17, 15) is 4.39 Å². The average molecular weight is 223 g/mol. The van der Waals surface area contributed by atoms with Gasteiger partial charge in [-0.1, -0.05) is 26.0 Å². The van der Waals surface area contributed by atoms with Crippen molar-refractivity contribution in [3.63, 3.8) is 0 Å². The van der Waals surface area contributed by atoms with Crippen LogP contribution in [0.2, 0.25) is 0 Å². The minimum atomic E-state index is -0.179. The summed E-state index contributed by atoms with van der Waals surface area (Å²) in [5.74, 6) is -0.179. The summed E-state index contributed by atoms with van der Waals surface area (Å²) < 4.78 is 12.8. The van der Waals surface area contributed by atoms with E-state index in [0.29, 0.717) is 6.04 Å². The summed E-state index contributed by atoms with van der Waals surface area (Å²) in [5, 5.41) is 3.61. The predicted octanol–water partition coefficient (Wildman–Crippen LogP) is 3.84. The van der Waals surface area contributed by atoms with Gasteiger partial charge in [0.2, 0.25) is 0 Å². The molecule has 0 fully saturated rings. The Hall–Kier alpha value is -0.890. The molecule has 0 unspecified atom stereocenters. The summed E-state index contributed by atoms with van der Waals surface area (Å²) in [6.07, 6.45) is 2.22. The number of hydrogen-bond acceptors (Lipinski definition) is 1. The van der Waals surface area contributed by atoms with Gasteiger partial charge in [0, 0.05) is 11.6 Å². The average Bonchev–Trinajstić information content (AvgIpc) is 2.26. The summed E-state index contributed by atoms with van der Waals surface area (Å²) in [5.41, 5.74) is 1.02. The molecule has 16 heavy (non-hydrogen) atoms. The third-order valence-electron chi connectivity index (χ3n) is 3.12. The zero-order valence-electron chi connectivity index (χ0n) is 10.7. The molecule has 1 aromatic carbocycles. The zero-order valence-corrected chi connectivity index (χ0v) is 10.7. The predicted molar refractivity (Wildman–Crippen MR) is 66.9 cm³/mol. The molecule has 0 aliphatic carbocycles. The van der Waals surface area contributed by atoms with Gasteiger partial charge < -0.3 is 5.32 Å². The minimum Gasteiger partial charge on any atom is -0.305 e. The van der Waals surface area contributed by atoms with Crippen LogP contribution in [0.4, 0.5) is 4.39 Å². The van der Waals surface area contributed by atoms with Crippen LogP contribution in [0.5, 0.6) is 0 Å². The summed E-state index contributed by atoms with van der Waals surface area (Å²) in [6, 6.07) is 7.26. The molecule has 1 rings (SSSR count). The van der Waals surface area contributed by atoms with Crippen molar-refractivity contribution in [3.8, 4) is 0 Å². The maximum atomic E-state index is 12.8. The fraction of sp³-hybridized carbons (Fsp3) is 0.571. The van der Waals surface area contributed by atoms with Crippen LogP contribution >= 0.6 is 0 Å². The van der Waals surface area contributed by atoms with Crippen molar-refractivity contribution in [3.05, 3.63) is 35.6 Å². The maximum absolute atomic E-state index is 12.8. The van der Waals surface area contributed by atoms with Crippen molar-refractivity contribution < 1.29 is 4.39 Å². The molecule has 0 atom stereocenters. The van der Waals surface area contributed by atoms with Gasteiger partial charge in [0.15, 0.2) is 0 Å². The summed E-state index contributed by atoms with van der Waals surface area (Å²) >= 11 is 0. The van der Waals surface area contributed by atoms with Gasteiger partial charge in [-0.2, -0.15) is 0 Å². The third-order valence-corrected chi connectivity index (χ3v) is 3.12. The topological polar surface area (TPSA) is 12.0 Å². The van der Waals surface area contributed by atoms with Crippen molar-refractivity contribution in [2.45, 2.75) is 52.1 Å². The van der Waals surface area contributed by atoms with E-state index >= 15 is 0 Å². The molecule has 0 aliphatic rings. The van der Waals surface area contributed by atoms with E-state index in [1.165, 1.54) is 12.1 Å². The largest absolute Gasteiger partial charge is 0.305 e. The van der Waals surface area contributed by atoms with Gasteiger partial charge in [0.25, 0.3) is 0 Å². The first kappa shape index (κ1) is 13.2.